The standard InChI is InChI=1S/C14H27NO3/c1-11-5-7-12(8-6-11)18-10-9-14(2,15-3)13(16)17-4/h11-12,15H,5-10H2,1-4H3. The molecule has 1 rings (SSSR count). The lowest BCUT2D eigenvalue weighted by Gasteiger charge is -2.29. The number of carbonyl (C=O) groups is 1. The average Bonchev–Trinajstić information content (AvgIpc) is 2.39. The van der Waals surface area contributed by atoms with Gasteiger partial charge in [-0.25, -0.2) is 0 Å². The molecule has 0 heterocycles. The summed E-state index contributed by atoms with van der Waals surface area (Å²) in [6.07, 6.45) is 5.82. The number of likely N-dealkylation sites (N-methyl/N-ethyl adjacent to an activating group) is 1. The number of hydrogen-bond acceptors (Lipinski definition) is 4. The number of methoxy groups -OCH3 is 1. The number of nitrogens with one attached hydrogen (secondary N) is 1. The Hall–Kier alpha value is -0.610. The molecule has 1 aliphatic carbocycles. The van der Waals surface area contributed by atoms with Gasteiger partial charge in [0.15, 0.2) is 0 Å². The number of esters is 1. The Morgan fingerprint density at radius 1 is 1.33 bits per heavy atom. The van der Waals surface area contributed by atoms with E-state index in [1.807, 2.05) is 6.92 Å². The van der Waals surface area contributed by atoms with Crippen LogP contribution < -0.4 is 5.32 Å². The summed E-state index contributed by atoms with van der Waals surface area (Å²) in [5.74, 6) is 0.605. The molecule has 1 atom stereocenters. The Bertz CT molecular complexity index is 262. The molecule has 1 saturated carbocycles. The minimum atomic E-state index is -0.642. The van der Waals surface area contributed by atoms with Gasteiger partial charge in [0.1, 0.15) is 5.54 Å². The van der Waals surface area contributed by atoms with Crippen LogP contribution >= 0.6 is 0 Å². The van der Waals surface area contributed by atoms with Crippen LogP contribution in [-0.4, -0.2) is 38.4 Å². The SMILES string of the molecule is CNC(C)(CCOC1CCC(C)CC1)C(=O)OC. The molecule has 0 radical (unpaired) electrons. The molecule has 0 aromatic heterocycles. The van der Waals surface area contributed by atoms with Crippen LogP contribution in [0.25, 0.3) is 0 Å². The molecular weight excluding hydrogens is 230 g/mol. The second-order valence-corrected chi connectivity index (χ2v) is 5.58. The number of carbonyl (C=O) groups excluding carboxylic acids is 1. The smallest absolute Gasteiger partial charge is 0.325 e. The minimum Gasteiger partial charge on any atom is -0.468 e. The molecule has 1 aliphatic rings. The van der Waals surface area contributed by atoms with Crippen molar-refractivity contribution in [2.45, 2.75) is 57.6 Å². The van der Waals surface area contributed by atoms with Crippen LogP contribution in [0.15, 0.2) is 0 Å². The van der Waals surface area contributed by atoms with Crippen molar-refractivity contribution in [1.29, 1.82) is 0 Å². The zero-order valence-corrected chi connectivity index (χ0v) is 12.1. The van der Waals surface area contributed by atoms with Gasteiger partial charge in [-0.1, -0.05) is 6.92 Å². The summed E-state index contributed by atoms with van der Waals surface area (Å²) >= 11 is 0. The van der Waals surface area contributed by atoms with E-state index in [0.29, 0.717) is 19.1 Å². The lowest BCUT2D eigenvalue weighted by Crippen LogP contribution is -2.49. The van der Waals surface area contributed by atoms with Gasteiger partial charge in [-0.05, 0) is 52.0 Å². The Balaban J connectivity index is 2.29. The molecule has 0 aromatic carbocycles. The van der Waals surface area contributed by atoms with Gasteiger partial charge in [0, 0.05) is 6.61 Å². The first-order chi connectivity index (χ1) is 8.51. The van der Waals surface area contributed by atoms with Crippen molar-refractivity contribution in [2.24, 2.45) is 5.92 Å². The van der Waals surface area contributed by atoms with E-state index < -0.39 is 5.54 Å². The maximum Gasteiger partial charge on any atom is 0.325 e. The molecule has 4 heteroatoms. The Morgan fingerprint density at radius 2 is 1.94 bits per heavy atom. The first kappa shape index (κ1) is 15.4. The number of rotatable bonds is 6. The van der Waals surface area contributed by atoms with E-state index in [2.05, 4.69) is 12.2 Å². The van der Waals surface area contributed by atoms with E-state index >= 15 is 0 Å². The van der Waals surface area contributed by atoms with Crippen molar-refractivity contribution in [3.63, 3.8) is 0 Å². The molecule has 1 unspecified atom stereocenters. The van der Waals surface area contributed by atoms with Gasteiger partial charge in [0.25, 0.3) is 0 Å². The predicted octanol–water partition coefficient (Wildman–Crippen LogP) is 2.12. The van der Waals surface area contributed by atoms with Crippen molar-refractivity contribution in [3.8, 4) is 0 Å². The first-order valence-electron chi connectivity index (χ1n) is 6.90. The lowest BCUT2D eigenvalue weighted by atomic mass is 9.89. The highest BCUT2D eigenvalue weighted by Gasteiger charge is 2.32. The molecule has 0 aliphatic heterocycles. The topological polar surface area (TPSA) is 47.6 Å². The van der Waals surface area contributed by atoms with E-state index in [4.69, 9.17) is 9.47 Å². The Kier molecular flexibility index (Phi) is 6.09. The van der Waals surface area contributed by atoms with E-state index in [1.165, 1.54) is 20.0 Å². The Morgan fingerprint density at radius 3 is 2.44 bits per heavy atom. The third-order valence-corrected chi connectivity index (χ3v) is 4.11. The zero-order chi connectivity index (χ0) is 13.6. The highest BCUT2D eigenvalue weighted by atomic mass is 16.5. The third-order valence-electron chi connectivity index (χ3n) is 4.11. The van der Waals surface area contributed by atoms with Crippen molar-refractivity contribution in [3.05, 3.63) is 0 Å². The predicted molar refractivity (Wildman–Crippen MR) is 71.5 cm³/mol. The van der Waals surface area contributed by atoms with Gasteiger partial charge >= 0.3 is 5.97 Å². The van der Waals surface area contributed by atoms with Crippen LogP contribution in [0.2, 0.25) is 0 Å². The van der Waals surface area contributed by atoms with Gasteiger partial charge in [-0.15, -0.1) is 0 Å². The van der Waals surface area contributed by atoms with Gasteiger partial charge < -0.3 is 14.8 Å². The van der Waals surface area contributed by atoms with E-state index in [-0.39, 0.29) is 5.97 Å². The summed E-state index contributed by atoms with van der Waals surface area (Å²) in [5.41, 5.74) is -0.642. The molecule has 0 spiro atoms. The van der Waals surface area contributed by atoms with Crippen LogP contribution in [0.5, 0.6) is 0 Å². The first-order valence-corrected chi connectivity index (χ1v) is 6.90. The molecule has 18 heavy (non-hydrogen) atoms. The summed E-state index contributed by atoms with van der Waals surface area (Å²) in [4.78, 5) is 11.6. The van der Waals surface area contributed by atoms with Gasteiger partial charge in [0.2, 0.25) is 0 Å². The fourth-order valence-electron chi connectivity index (χ4n) is 2.38. The van der Waals surface area contributed by atoms with Crippen molar-refractivity contribution < 1.29 is 14.3 Å². The van der Waals surface area contributed by atoms with Crippen LogP contribution in [0.3, 0.4) is 0 Å². The van der Waals surface area contributed by atoms with Crippen LogP contribution in [0, 0.1) is 5.92 Å². The maximum atomic E-state index is 11.6. The van der Waals surface area contributed by atoms with Crippen molar-refractivity contribution in [2.75, 3.05) is 20.8 Å². The van der Waals surface area contributed by atoms with Crippen molar-refractivity contribution in [1.82, 2.24) is 5.32 Å². The fourth-order valence-corrected chi connectivity index (χ4v) is 2.38. The van der Waals surface area contributed by atoms with Crippen LogP contribution in [-0.2, 0) is 14.3 Å². The minimum absolute atomic E-state index is 0.231. The maximum absolute atomic E-state index is 11.6. The van der Waals surface area contributed by atoms with Gasteiger partial charge in [0.05, 0.1) is 13.2 Å². The molecule has 0 saturated heterocycles. The highest BCUT2D eigenvalue weighted by molar-refractivity contribution is 5.80. The largest absolute Gasteiger partial charge is 0.468 e. The number of ether oxygens (including phenoxy) is 2. The lowest BCUT2D eigenvalue weighted by molar-refractivity contribution is -0.148. The van der Waals surface area contributed by atoms with E-state index in [0.717, 1.165) is 18.8 Å². The molecule has 1 N–H and O–H groups in total. The molecule has 106 valence electrons. The molecule has 0 bridgehead atoms. The average molecular weight is 257 g/mol. The summed E-state index contributed by atoms with van der Waals surface area (Å²) < 4.78 is 10.7. The molecule has 1 fully saturated rings. The normalized spacial score (nSPS) is 27.6. The van der Waals surface area contributed by atoms with Crippen molar-refractivity contribution >= 4 is 5.97 Å². The zero-order valence-electron chi connectivity index (χ0n) is 12.1. The number of hydrogen-bond donors (Lipinski definition) is 1. The summed E-state index contributed by atoms with van der Waals surface area (Å²) in [6, 6.07) is 0. The summed E-state index contributed by atoms with van der Waals surface area (Å²) in [5, 5.41) is 3.02. The van der Waals surface area contributed by atoms with Gasteiger partial charge in [-0.3, -0.25) is 4.79 Å². The monoisotopic (exact) mass is 257 g/mol. The summed E-state index contributed by atoms with van der Waals surface area (Å²) in [6.45, 7) is 4.75. The molecular formula is C14H27NO3. The van der Waals surface area contributed by atoms with Gasteiger partial charge in [-0.2, -0.15) is 0 Å². The second-order valence-electron chi connectivity index (χ2n) is 5.58. The summed E-state index contributed by atoms with van der Waals surface area (Å²) in [7, 11) is 3.19. The quantitative estimate of drug-likeness (QED) is 0.740. The fraction of sp³-hybridized carbons (Fsp3) is 0.929. The van der Waals surface area contributed by atoms with E-state index in [1.54, 1.807) is 7.05 Å². The van der Waals surface area contributed by atoms with E-state index in [9.17, 15) is 4.79 Å². The molecule has 0 aromatic rings. The highest BCUT2D eigenvalue weighted by Crippen LogP contribution is 2.26. The van der Waals surface area contributed by atoms with Crippen LogP contribution in [0.4, 0.5) is 0 Å². The molecule has 4 nitrogen and oxygen atoms in total. The Labute approximate surface area is 110 Å². The third kappa shape index (κ3) is 4.25. The second kappa shape index (κ2) is 7.10. The molecule has 0 amide bonds. The van der Waals surface area contributed by atoms with Crippen LogP contribution in [0.1, 0.15) is 46.0 Å².